The van der Waals surface area contributed by atoms with Gasteiger partial charge in [-0.2, -0.15) is 13.2 Å². The van der Waals surface area contributed by atoms with E-state index in [9.17, 15) is 13.2 Å². The number of nitrogens with two attached hydrogens (primary N) is 1. The van der Waals surface area contributed by atoms with Gasteiger partial charge in [0.15, 0.2) is 0 Å². The van der Waals surface area contributed by atoms with E-state index < -0.39 is 12.0 Å². The first-order chi connectivity index (χ1) is 7.89. The monoisotopic (exact) mass is 243 g/mol. The highest BCUT2D eigenvalue weighted by Crippen LogP contribution is 2.31. The van der Waals surface area contributed by atoms with Crippen LogP contribution in [0.4, 0.5) is 13.2 Å². The Hall–Kier alpha value is -1.56. The molecule has 17 heavy (non-hydrogen) atoms. The topological polar surface area (TPSA) is 43.8 Å². The molecule has 92 valence electrons. The molecule has 0 aliphatic carbocycles. The van der Waals surface area contributed by atoms with Gasteiger partial charge in [-0.3, -0.25) is 0 Å². The molecule has 0 fully saturated rings. The molecule has 1 aromatic carbocycles. The Kier molecular flexibility index (Phi) is 2.82. The molecule has 2 N–H and O–H groups in total. The summed E-state index contributed by atoms with van der Waals surface area (Å²) in [7, 11) is 0. The molecular weight excluding hydrogens is 231 g/mol. The van der Waals surface area contributed by atoms with E-state index in [1.165, 1.54) is 0 Å². The first-order valence-electron chi connectivity index (χ1n) is 5.17. The lowest BCUT2D eigenvalue weighted by molar-refractivity contribution is -0.147. The average Bonchev–Trinajstić information content (AvgIpc) is 2.56. The quantitative estimate of drug-likeness (QED) is 0.880. The summed E-state index contributed by atoms with van der Waals surface area (Å²) in [6.07, 6.45) is -4.46. The Morgan fingerprint density at radius 2 is 2.00 bits per heavy atom. The fourth-order valence-electron chi connectivity index (χ4n) is 1.76. The summed E-state index contributed by atoms with van der Waals surface area (Å²) in [6, 6.07) is 6.14. The normalized spacial score (nSPS) is 14.2. The van der Waals surface area contributed by atoms with Gasteiger partial charge in [-0.05, 0) is 19.1 Å². The lowest BCUT2D eigenvalue weighted by atomic mass is 10.3. The number of hydrogen-bond donors (Lipinski definition) is 1. The van der Waals surface area contributed by atoms with Gasteiger partial charge in [-0.1, -0.05) is 12.1 Å². The van der Waals surface area contributed by atoms with Gasteiger partial charge < -0.3 is 10.3 Å². The molecule has 2 aromatic rings. The lowest BCUT2D eigenvalue weighted by Gasteiger charge is -2.13. The molecule has 1 heterocycles. The van der Waals surface area contributed by atoms with Crippen molar-refractivity contribution in [2.24, 2.45) is 5.73 Å². The molecule has 0 aliphatic heterocycles. The van der Waals surface area contributed by atoms with Crippen molar-refractivity contribution in [3.05, 3.63) is 30.1 Å². The molecule has 0 saturated heterocycles. The first kappa shape index (κ1) is 11.9. The highest BCUT2D eigenvalue weighted by Gasteiger charge is 2.37. The van der Waals surface area contributed by atoms with Gasteiger partial charge in [-0.25, -0.2) is 4.98 Å². The number of rotatable bonds is 2. The molecule has 0 saturated carbocycles. The van der Waals surface area contributed by atoms with Gasteiger partial charge in [-0.15, -0.1) is 0 Å². The van der Waals surface area contributed by atoms with Gasteiger partial charge >= 0.3 is 6.18 Å². The van der Waals surface area contributed by atoms with Crippen molar-refractivity contribution in [2.75, 3.05) is 0 Å². The number of para-hydroxylation sites is 2. The van der Waals surface area contributed by atoms with Crippen LogP contribution in [0.3, 0.4) is 0 Å². The summed E-state index contributed by atoms with van der Waals surface area (Å²) < 4.78 is 39.6. The summed E-state index contributed by atoms with van der Waals surface area (Å²) >= 11 is 0. The number of hydrogen-bond acceptors (Lipinski definition) is 2. The Morgan fingerprint density at radius 3 is 2.59 bits per heavy atom. The third kappa shape index (κ3) is 2.26. The molecule has 1 unspecified atom stereocenters. The van der Waals surface area contributed by atoms with Crippen LogP contribution < -0.4 is 5.73 Å². The Morgan fingerprint density at radius 1 is 1.35 bits per heavy atom. The highest BCUT2D eigenvalue weighted by atomic mass is 19.4. The van der Waals surface area contributed by atoms with E-state index in [1.807, 2.05) is 0 Å². The maximum atomic E-state index is 12.8. The number of benzene rings is 1. The summed E-state index contributed by atoms with van der Waals surface area (Å²) in [4.78, 5) is 3.62. The lowest BCUT2D eigenvalue weighted by Crippen LogP contribution is -2.25. The Bertz CT molecular complexity index is 528. The van der Waals surface area contributed by atoms with Crippen molar-refractivity contribution in [3.8, 4) is 0 Å². The van der Waals surface area contributed by atoms with E-state index in [1.54, 1.807) is 31.2 Å². The zero-order chi connectivity index (χ0) is 12.6. The van der Waals surface area contributed by atoms with Crippen molar-refractivity contribution in [2.45, 2.75) is 25.7 Å². The number of fused-ring (bicyclic) bond motifs is 1. The van der Waals surface area contributed by atoms with E-state index in [0.29, 0.717) is 11.0 Å². The van der Waals surface area contributed by atoms with Crippen molar-refractivity contribution < 1.29 is 13.2 Å². The van der Waals surface area contributed by atoms with Crippen LogP contribution in [0.25, 0.3) is 11.0 Å². The van der Waals surface area contributed by atoms with Crippen molar-refractivity contribution in [3.63, 3.8) is 0 Å². The molecular formula is C11H12F3N3. The van der Waals surface area contributed by atoms with Crippen molar-refractivity contribution in [1.29, 1.82) is 0 Å². The standard InChI is InChI=1S/C11H12F3N3/c1-7(15)6-17-9-5-3-2-4-8(9)16-10(17)11(12,13)14/h2-5,7H,6,15H2,1H3. The molecule has 1 aromatic heterocycles. The van der Waals surface area contributed by atoms with Crippen LogP contribution in [-0.4, -0.2) is 15.6 Å². The first-order valence-corrected chi connectivity index (χ1v) is 5.17. The number of aromatic nitrogens is 2. The van der Waals surface area contributed by atoms with Crippen LogP contribution in [0.15, 0.2) is 24.3 Å². The molecule has 0 aliphatic rings. The van der Waals surface area contributed by atoms with Crippen LogP contribution in [0, 0.1) is 0 Å². The molecule has 1 atom stereocenters. The molecule has 0 spiro atoms. The SMILES string of the molecule is CC(N)Cn1c(C(F)(F)F)nc2ccccc21. The van der Waals surface area contributed by atoms with Crippen LogP contribution in [-0.2, 0) is 12.7 Å². The Balaban J connectivity index is 2.65. The third-order valence-electron chi connectivity index (χ3n) is 2.38. The number of nitrogens with zero attached hydrogens (tertiary/aromatic N) is 2. The van der Waals surface area contributed by atoms with E-state index >= 15 is 0 Å². The summed E-state index contributed by atoms with van der Waals surface area (Å²) in [5.74, 6) is -0.893. The zero-order valence-corrected chi connectivity index (χ0v) is 9.20. The molecule has 0 amide bonds. The fraction of sp³-hybridized carbons (Fsp3) is 0.364. The van der Waals surface area contributed by atoms with E-state index in [4.69, 9.17) is 5.73 Å². The van der Waals surface area contributed by atoms with Crippen molar-refractivity contribution in [1.82, 2.24) is 9.55 Å². The summed E-state index contributed by atoms with van der Waals surface area (Å²) in [5.41, 5.74) is 6.36. The van der Waals surface area contributed by atoms with E-state index in [-0.39, 0.29) is 12.6 Å². The van der Waals surface area contributed by atoms with Crippen molar-refractivity contribution >= 4 is 11.0 Å². The number of imidazole rings is 1. The molecule has 3 nitrogen and oxygen atoms in total. The third-order valence-corrected chi connectivity index (χ3v) is 2.38. The van der Waals surface area contributed by atoms with Gasteiger partial charge in [0.1, 0.15) is 0 Å². The molecule has 0 radical (unpaired) electrons. The second kappa shape index (κ2) is 4.03. The predicted octanol–water partition coefficient (Wildman–Crippen LogP) is 2.40. The minimum absolute atomic E-state index is 0.0926. The number of halogens is 3. The zero-order valence-electron chi connectivity index (χ0n) is 9.20. The minimum Gasteiger partial charge on any atom is -0.326 e. The van der Waals surface area contributed by atoms with Gasteiger partial charge in [0.25, 0.3) is 0 Å². The number of alkyl halides is 3. The van der Waals surface area contributed by atoms with Crippen LogP contribution in [0.5, 0.6) is 0 Å². The smallest absolute Gasteiger partial charge is 0.326 e. The molecule has 2 rings (SSSR count). The minimum atomic E-state index is -4.46. The Labute approximate surface area is 96.0 Å². The predicted molar refractivity (Wildman–Crippen MR) is 58.4 cm³/mol. The second-order valence-electron chi connectivity index (χ2n) is 4.01. The van der Waals surface area contributed by atoms with Gasteiger partial charge in [0.05, 0.1) is 11.0 Å². The molecule has 6 heteroatoms. The van der Waals surface area contributed by atoms with Crippen LogP contribution >= 0.6 is 0 Å². The van der Waals surface area contributed by atoms with Crippen LogP contribution in [0.1, 0.15) is 12.7 Å². The van der Waals surface area contributed by atoms with Gasteiger partial charge in [0.2, 0.25) is 5.82 Å². The fourth-order valence-corrected chi connectivity index (χ4v) is 1.76. The summed E-state index contributed by atoms with van der Waals surface area (Å²) in [5, 5.41) is 0. The van der Waals surface area contributed by atoms with E-state index in [2.05, 4.69) is 4.98 Å². The largest absolute Gasteiger partial charge is 0.449 e. The van der Waals surface area contributed by atoms with E-state index in [0.717, 1.165) is 4.57 Å². The highest BCUT2D eigenvalue weighted by molar-refractivity contribution is 5.76. The second-order valence-corrected chi connectivity index (χ2v) is 4.01. The van der Waals surface area contributed by atoms with Gasteiger partial charge in [0, 0.05) is 12.6 Å². The summed E-state index contributed by atoms with van der Waals surface area (Å²) in [6.45, 7) is 1.75. The molecule has 0 bridgehead atoms. The average molecular weight is 243 g/mol. The van der Waals surface area contributed by atoms with Crippen LogP contribution in [0.2, 0.25) is 0 Å². The maximum Gasteiger partial charge on any atom is 0.449 e. The maximum absolute atomic E-state index is 12.8.